The Balaban J connectivity index is 1.83. The molecule has 2 rings (SSSR count). The van der Waals surface area contributed by atoms with Gasteiger partial charge in [0.25, 0.3) is 5.69 Å². The van der Waals surface area contributed by atoms with Gasteiger partial charge in [-0.1, -0.05) is 12.1 Å². The summed E-state index contributed by atoms with van der Waals surface area (Å²) in [5.74, 6) is 0. The molecule has 0 amide bonds. The van der Waals surface area contributed by atoms with Crippen molar-refractivity contribution in [2.75, 3.05) is 6.54 Å². The average Bonchev–Trinajstić information content (AvgIpc) is 2.69. The van der Waals surface area contributed by atoms with Gasteiger partial charge in [0.2, 0.25) is 0 Å². The van der Waals surface area contributed by atoms with Crippen LogP contribution in [0.5, 0.6) is 0 Å². The van der Waals surface area contributed by atoms with Crippen molar-refractivity contribution in [2.24, 2.45) is 7.05 Å². The van der Waals surface area contributed by atoms with E-state index in [1.807, 2.05) is 18.7 Å². The molecule has 0 fully saturated rings. The monoisotopic (exact) mass is 288 g/mol. The molecular formula is C15H20N4O2. The molecule has 6 nitrogen and oxygen atoms in total. The molecule has 0 spiro atoms. The summed E-state index contributed by atoms with van der Waals surface area (Å²) in [5.41, 5.74) is 4.69. The quantitative estimate of drug-likeness (QED) is 0.503. The number of hydrogen-bond donors (Lipinski definition) is 1. The summed E-state index contributed by atoms with van der Waals surface area (Å²) in [6.07, 6.45) is 0.844. The van der Waals surface area contributed by atoms with Crippen molar-refractivity contribution < 1.29 is 4.92 Å². The molecule has 2 aromatic rings. The summed E-state index contributed by atoms with van der Waals surface area (Å²) in [6, 6.07) is 6.70. The summed E-state index contributed by atoms with van der Waals surface area (Å²) in [4.78, 5) is 10.2. The maximum atomic E-state index is 10.6. The molecule has 0 aliphatic carbocycles. The molecule has 6 heteroatoms. The molecule has 1 aromatic carbocycles. The number of hydrogen-bond acceptors (Lipinski definition) is 4. The van der Waals surface area contributed by atoms with Gasteiger partial charge in [0.15, 0.2) is 0 Å². The second-order valence-electron chi connectivity index (χ2n) is 5.12. The third-order valence-electron chi connectivity index (χ3n) is 3.70. The third-order valence-corrected chi connectivity index (χ3v) is 3.70. The number of aryl methyl sites for hydroxylation is 2. The highest BCUT2D eigenvalue weighted by atomic mass is 16.6. The van der Waals surface area contributed by atoms with Crippen molar-refractivity contribution in [1.29, 1.82) is 0 Å². The van der Waals surface area contributed by atoms with Gasteiger partial charge in [-0.3, -0.25) is 14.8 Å². The Morgan fingerprint density at radius 3 is 2.48 bits per heavy atom. The molecule has 0 aliphatic heterocycles. The average molecular weight is 288 g/mol. The number of aromatic nitrogens is 2. The van der Waals surface area contributed by atoms with Crippen LogP contribution in [0.15, 0.2) is 24.3 Å². The molecular weight excluding hydrogens is 268 g/mol. The number of nitrogens with zero attached hydrogens (tertiary/aromatic N) is 3. The molecule has 0 radical (unpaired) electrons. The summed E-state index contributed by atoms with van der Waals surface area (Å²) in [7, 11) is 1.95. The van der Waals surface area contributed by atoms with Gasteiger partial charge in [0.05, 0.1) is 10.6 Å². The summed E-state index contributed by atoms with van der Waals surface area (Å²) >= 11 is 0. The van der Waals surface area contributed by atoms with Crippen molar-refractivity contribution in [2.45, 2.75) is 26.8 Å². The largest absolute Gasteiger partial charge is 0.312 e. The molecule has 0 atom stereocenters. The van der Waals surface area contributed by atoms with E-state index in [4.69, 9.17) is 0 Å². The van der Waals surface area contributed by atoms with Crippen LogP contribution in [0.4, 0.5) is 5.69 Å². The lowest BCUT2D eigenvalue weighted by molar-refractivity contribution is -0.384. The van der Waals surface area contributed by atoms with Crippen LogP contribution in [-0.4, -0.2) is 21.2 Å². The highest BCUT2D eigenvalue weighted by molar-refractivity contribution is 5.33. The van der Waals surface area contributed by atoms with Gasteiger partial charge < -0.3 is 5.32 Å². The fraction of sp³-hybridized carbons (Fsp3) is 0.400. The molecule has 0 saturated carbocycles. The topological polar surface area (TPSA) is 73.0 Å². The minimum absolute atomic E-state index is 0.133. The Labute approximate surface area is 123 Å². The van der Waals surface area contributed by atoms with E-state index >= 15 is 0 Å². The zero-order chi connectivity index (χ0) is 15.4. The summed E-state index contributed by atoms with van der Waals surface area (Å²) in [6.45, 7) is 5.69. The van der Waals surface area contributed by atoms with E-state index in [9.17, 15) is 10.1 Å². The molecule has 0 aliphatic rings. The molecule has 112 valence electrons. The van der Waals surface area contributed by atoms with Crippen LogP contribution in [0.2, 0.25) is 0 Å². The van der Waals surface area contributed by atoms with Crippen LogP contribution in [0, 0.1) is 24.0 Å². The van der Waals surface area contributed by atoms with Crippen LogP contribution in [0.3, 0.4) is 0 Å². The van der Waals surface area contributed by atoms with E-state index in [2.05, 4.69) is 17.3 Å². The number of nitro groups is 1. The first-order valence-electron chi connectivity index (χ1n) is 6.92. The van der Waals surface area contributed by atoms with E-state index in [0.717, 1.165) is 30.8 Å². The maximum absolute atomic E-state index is 10.6. The van der Waals surface area contributed by atoms with Gasteiger partial charge in [-0.15, -0.1) is 0 Å². The van der Waals surface area contributed by atoms with Gasteiger partial charge in [0, 0.05) is 37.0 Å². The van der Waals surface area contributed by atoms with Crippen LogP contribution >= 0.6 is 0 Å². The van der Waals surface area contributed by atoms with Gasteiger partial charge in [0.1, 0.15) is 0 Å². The normalized spacial score (nSPS) is 10.8. The first-order chi connectivity index (χ1) is 9.99. The van der Waals surface area contributed by atoms with E-state index in [1.54, 1.807) is 24.3 Å². The van der Waals surface area contributed by atoms with E-state index in [1.165, 1.54) is 11.3 Å². The van der Waals surface area contributed by atoms with E-state index in [-0.39, 0.29) is 10.6 Å². The Bertz CT molecular complexity index is 632. The van der Waals surface area contributed by atoms with Crippen LogP contribution < -0.4 is 5.32 Å². The maximum Gasteiger partial charge on any atom is 0.269 e. The van der Waals surface area contributed by atoms with Crippen molar-refractivity contribution in [3.63, 3.8) is 0 Å². The number of nitro benzene ring substituents is 1. The Kier molecular flexibility index (Phi) is 4.70. The Hall–Kier alpha value is -2.21. The number of non-ortho nitro benzene ring substituents is 1. The number of benzene rings is 1. The van der Waals surface area contributed by atoms with Gasteiger partial charge in [-0.05, 0) is 32.4 Å². The summed E-state index contributed by atoms with van der Waals surface area (Å²) in [5, 5.41) is 18.4. The Morgan fingerprint density at radius 2 is 1.95 bits per heavy atom. The van der Waals surface area contributed by atoms with Crippen molar-refractivity contribution in [3.8, 4) is 0 Å². The zero-order valence-electron chi connectivity index (χ0n) is 12.6. The smallest absolute Gasteiger partial charge is 0.269 e. The minimum atomic E-state index is -0.379. The highest BCUT2D eigenvalue weighted by Gasteiger charge is 2.08. The standard InChI is InChI=1S/C15H20N4O2/c1-11-15(12(2)18(3)17-11)10-16-9-8-13-4-6-14(7-5-13)19(20)21/h4-7,16H,8-10H2,1-3H3. The van der Waals surface area contributed by atoms with Gasteiger partial charge >= 0.3 is 0 Å². The molecule has 21 heavy (non-hydrogen) atoms. The Morgan fingerprint density at radius 1 is 1.29 bits per heavy atom. The van der Waals surface area contributed by atoms with E-state index in [0.29, 0.717) is 0 Å². The molecule has 0 saturated heterocycles. The lowest BCUT2D eigenvalue weighted by atomic mass is 10.1. The lowest BCUT2D eigenvalue weighted by Crippen LogP contribution is -2.17. The molecule has 1 N–H and O–H groups in total. The lowest BCUT2D eigenvalue weighted by Gasteiger charge is -2.06. The SMILES string of the molecule is Cc1nn(C)c(C)c1CNCCc1ccc([N+](=O)[O-])cc1. The molecule has 0 unspecified atom stereocenters. The summed E-state index contributed by atoms with van der Waals surface area (Å²) < 4.78 is 1.89. The third kappa shape index (κ3) is 3.66. The zero-order valence-corrected chi connectivity index (χ0v) is 12.6. The van der Waals surface area contributed by atoms with Crippen molar-refractivity contribution >= 4 is 5.69 Å². The first kappa shape index (κ1) is 15.2. The van der Waals surface area contributed by atoms with Crippen molar-refractivity contribution in [1.82, 2.24) is 15.1 Å². The van der Waals surface area contributed by atoms with Crippen LogP contribution in [0.25, 0.3) is 0 Å². The fourth-order valence-corrected chi connectivity index (χ4v) is 2.30. The number of nitrogens with one attached hydrogen (secondary N) is 1. The number of rotatable bonds is 6. The molecule has 1 heterocycles. The second-order valence-corrected chi connectivity index (χ2v) is 5.12. The minimum Gasteiger partial charge on any atom is -0.312 e. The van der Waals surface area contributed by atoms with Crippen molar-refractivity contribution in [3.05, 3.63) is 56.9 Å². The fourth-order valence-electron chi connectivity index (χ4n) is 2.30. The molecule has 1 aromatic heterocycles. The second kappa shape index (κ2) is 6.49. The first-order valence-corrected chi connectivity index (χ1v) is 6.92. The highest BCUT2D eigenvalue weighted by Crippen LogP contribution is 2.13. The predicted octanol–water partition coefficient (Wildman–Crippen LogP) is 2.28. The van der Waals surface area contributed by atoms with Crippen LogP contribution in [-0.2, 0) is 20.0 Å². The molecule has 0 bridgehead atoms. The van der Waals surface area contributed by atoms with E-state index < -0.39 is 0 Å². The van der Waals surface area contributed by atoms with Gasteiger partial charge in [-0.2, -0.15) is 5.10 Å². The predicted molar refractivity (Wildman–Crippen MR) is 81.2 cm³/mol. The van der Waals surface area contributed by atoms with Gasteiger partial charge in [-0.25, -0.2) is 0 Å². The van der Waals surface area contributed by atoms with Crippen LogP contribution in [0.1, 0.15) is 22.5 Å².